The SMILES string of the molecule is Cc1cnc(-c2noc(CCC(C)(C)CCN)n2)nc1. The monoisotopic (exact) mass is 275 g/mol. The molecule has 20 heavy (non-hydrogen) atoms. The van der Waals surface area contributed by atoms with Crippen molar-refractivity contribution in [1.29, 1.82) is 0 Å². The number of hydrogen-bond acceptors (Lipinski definition) is 6. The van der Waals surface area contributed by atoms with E-state index in [1.165, 1.54) is 0 Å². The summed E-state index contributed by atoms with van der Waals surface area (Å²) in [6.45, 7) is 7.02. The summed E-state index contributed by atoms with van der Waals surface area (Å²) in [7, 11) is 0. The molecule has 0 aromatic carbocycles. The molecule has 0 saturated carbocycles. The number of hydrogen-bond donors (Lipinski definition) is 1. The van der Waals surface area contributed by atoms with Gasteiger partial charge in [0.05, 0.1) is 0 Å². The molecule has 2 rings (SSSR count). The van der Waals surface area contributed by atoms with Crippen LogP contribution in [0, 0.1) is 12.3 Å². The second-order valence-corrected chi connectivity index (χ2v) is 5.80. The summed E-state index contributed by atoms with van der Waals surface area (Å²) in [5.74, 6) is 1.55. The Balaban J connectivity index is 2.00. The van der Waals surface area contributed by atoms with Gasteiger partial charge in [0, 0.05) is 18.8 Å². The molecule has 6 nitrogen and oxygen atoms in total. The molecule has 2 aromatic heterocycles. The normalized spacial score (nSPS) is 11.8. The summed E-state index contributed by atoms with van der Waals surface area (Å²) >= 11 is 0. The molecule has 0 atom stereocenters. The average Bonchev–Trinajstić information content (AvgIpc) is 2.86. The molecule has 0 bridgehead atoms. The third-order valence-corrected chi connectivity index (χ3v) is 3.29. The molecule has 2 heterocycles. The molecule has 0 aliphatic carbocycles. The minimum Gasteiger partial charge on any atom is -0.339 e. The summed E-state index contributed by atoms with van der Waals surface area (Å²) in [4.78, 5) is 12.7. The molecule has 0 saturated heterocycles. The molecule has 0 amide bonds. The molecule has 108 valence electrons. The highest BCUT2D eigenvalue weighted by Crippen LogP contribution is 2.26. The van der Waals surface area contributed by atoms with Crippen molar-refractivity contribution in [3.8, 4) is 11.6 Å². The van der Waals surface area contributed by atoms with Gasteiger partial charge < -0.3 is 10.3 Å². The van der Waals surface area contributed by atoms with Crippen LogP contribution in [-0.2, 0) is 6.42 Å². The van der Waals surface area contributed by atoms with Crippen molar-refractivity contribution in [3.05, 3.63) is 23.8 Å². The third kappa shape index (κ3) is 3.84. The lowest BCUT2D eigenvalue weighted by atomic mass is 9.84. The standard InChI is InChI=1S/C14H21N5O/c1-10-8-16-12(17-9-10)13-18-11(20-19-13)4-5-14(2,3)6-7-15/h8-9H,4-7,15H2,1-3H3. The van der Waals surface area contributed by atoms with E-state index in [4.69, 9.17) is 10.3 Å². The van der Waals surface area contributed by atoms with Gasteiger partial charge in [-0.2, -0.15) is 4.98 Å². The van der Waals surface area contributed by atoms with Crippen LogP contribution in [0.15, 0.2) is 16.9 Å². The van der Waals surface area contributed by atoms with Crippen molar-refractivity contribution in [1.82, 2.24) is 20.1 Å². The molecule has 0 aliphatic rings. The summed E-state index contributed by atoms with van der Waals surface area (Å²) in [6.07, 6.45) is 6.16. The Morgan fingerprint density at radius 1 is 1.15 bits per heavy atom. The van der Waals surface area contributed by atoms with E-state index in [1.807, 2.05) is 6.92 Å². The van der Waals surface area contributed by atoms with Crippen LogP contribution in [-0.4, -0.2) is 26.7 Å². The van der Waals surface area contributed by atoms with Gasteiger partial charge in [-0.25, -0.2) is 9.97 Å². The van der Waals surface area contributed by atoms with Crippen LogP contribution in [0.1, 0.15) is 38.1 Å². The minimum atomic E-state index is 0.184. The van der Waals surface area contributed by atoms with Crippen LogP contribution < -0.4 is 5.73 Å². The summed E-state index contributed by atoms with van der Waals surface area (Å²) < 4.78 is 5.25. The van der Waals surface area contributed by atoms with Crippen LogP contribution in [0.4, 0.5) is 0 Å². The van der Waals surface area contributed by atoms with Gasteiger partial charge >= 0.3 is 0 Å². The van der Waals surface area contributed by atoms with Crippen LogP contribution in [0.25, 0.3) is 11.6 Å². The number of rotatable bonds is 6. The highest BCUT2D eigenvalue weighted by atomic mass is 16.5. The fourth-order valence-corrected chi connectivity index (χ4v) is 1.92. The molecule has 0 unspecified atom stereocenters. The van der Waals surface area contributed by atoms with E-state index in [-0.39, 0.29) is 5.41 Å². The second-order valence-electron chi connectivity index (χ2n) is 5.80. The molecule has 0 radical (unpaired) electrons. The third-order valence-electron chi connectivity index (χ3n) is 3.29. The first-order chi connectivity index (χ1) is 9.50. The van der Waals surface area contributed by atoms with Crippen molar-refractivity contribution in [3.63, 3.8) is 0 Å². The van der Waals surface area contributed by atoms with Gasteiger partial charge in [0.25, 0.3) is 0 Å². The van der Waals surface area contributed by atoms with Crippen molar-refractivity contribution in [2.24, 2.45) is 11.1 Å². The first-order valence-corrected chi connectivity index (χ1v) is 6.82. The number of aromatic nitrogens is 4. The van der Waals surface area contributed by atoms with Crippen molar-refractivity contribution < 1.29 is 4.52 Å². The molecular formula is C14H21N5O. The van der Waals surface area contributed by atoms with Gasteiger partial charge in [0.15, 0.2) is 0 Å². The van der Waals surface area contributed by atoms with E-state index >= 15 is 0 Å². The maximum atomic E-state index is 5.61. The van der Waals surface area contributed by atoms with Gasteiger partial charge in [-0.15, -0.1) is 0 Å². The van der Waals surface area contributed by atoms with Gasteiger partial charge in [-0.1, -0.05) is 19.0 Å². The first-order valence-electron chi connectivity index (χ1n) is 6.82. The van der Waals surface area contributed by atoms with E-state index in [0.717, 1.165) is 24.8 Å². The van der Waals surface area contributed by atoms with E-state index < -0.39 is 0 Å². The Kier molecular flexibility index (Phi) is 4.44. The number of nitrogens with two attached hydrogens (primary N) is 1. The second kappa shape index (κ2) is 6.09. The smallest absolute Gasteiger partial charge is 0.240 e. The van der Waals surface area contributed by atoms with E-state index in [2.05, 4.69) is 34.0 Å². The molecule has 2 aromatic rings. The van der Waals surface area contributed by atoms with Gasteiger partial charge in [0.1, 0.15) is 0 Å². The maximum Gasteiger partial charge on any atom is 0.240 e. The van der Waals surface area contributed by atoms with Crippen molar-refractivity contribution in [2.45, 2.75) is 40.0 Å². The fourth-order valence-electron chi connectivity index (χ4n) is 1.92. The minimum absolute atomic E-state index is 0.184. The molecule has 0 spiro atoms. The summed E-state index contributed by atoms with van der Waals surface area (Å²) in [6, 6.07) is 0. The fraction of sp³-hybridized carbons (Fsp3) is 0.571. The highest BCUT2D eigenvalue weighted by molar-refractivity contribution is 5.40. The Labute approximate surface area is 118 Å². The van der Waals surface area contributed by atoms with Crippen LogP contribution in [0.2, 0.25) is 0 Å². The predicted octanol–water partition coefficient (Wildman–Crippen LogP) is 2.14. The van der Waals surface area contributed by atoms with Gasteiger partial charge in [-0.05, 0) is 37.3 Å². The van der Waals surface area contributed by atoms with Gasteiger partial charge in [-0.3, -0.25) is 0 Å². The average molecular weight is 275 g/mol. The van der Waals surface area contributed by atoms with Crippen LogP contribution >= 0.6 is 0 Å². The predicted molar refractivity (Wildman–Crippen MR) is 75.8 cm³/mol. The first kappa shape index (κ1) is 14.6. The van der Waals surface area contributed by atoms with E-state index in [9.17, 15) is 0 Å². The zero-order valence-electron chi connectivity index (χ0n) is 12.3. The summed E-state index contributed by atoms with van der Waals surface area (Å²) in [5, 5.41) is 3.93. The maximum absolute atomic E-state index is 5.61. The lowest BCUT2D eigenvalue weighted by Gasteiger charge is -2.22. The van der Waals surface area contributed by atoms with Gasteiger partial charge in [0.2, 0.25) is 17.5 Å². The molecule has 2 N–H and O–H groups in total. The topological polar surface area (TPSA) is 90.7 Å². The van der Waals surface area contributed by atoms with Crippen LogP contribution in [0.5, 0.6) is 0 Å². The molecule has 0 aliphatic heterocycles. The number of aryl methyl sites for hydroxylation is 2. The molecule has 6 heteroatoms. The molecular weight excluding hydrogens is 254 g/mol. The Morgan fingerprint density at radius 2 is 1.85 bits per heavy atom. The Morgan fingerprint density at radius 3 is 2.50 bits per heavy atom. The van der Waals surface area contributed by atoms with Crippen LogP contribution in [0.3, 0.4) is 0 Å². The van der Waals surface area contributed by atoms with Crippen molar-refractivity contribution in [2.75, 3.05) is 6.54 Å². The lowest BCUT2D eigenvalue weighted by Crippen LogP contribution is -2.17. The zero-order chi connectivity index (χ0) is 14.6. The molecule has 0 fully saturated rings. The zero-order valence-corrected chi connectivity index (χ0v) is 12.3. The van der Waals surface area contributed by atoms with E-state index in [0.29, 0.717) is 24.1 Å². The quantitative estimate of drug-likeness (QED) is 0.868. The highest BCUT2D eigenvalue weighted by Gasteiger charge is 2.19. The van der Waals surface area contributed by atoms with Crippen molar-refractivity contribution >= 4 is 0 Å². The Bertz CT molecular complexity index is 547. The Hall–Kier alpha value is -1.82. The van der Waals surface area contributed by atoms with E-state index in [1.54, 1.807) is 12.4 Å². The number of nitrogens with zero attached hydrogens (tertiary/aromatic N) is 4. The lowest BCUT2D eigenvalue weighted by molar-refractivity contribution is 0.289. The summed E-state index contributed by atoms with van der Waals surface area (Å²) in [5.41, 5.74) is 6.79. The largest absolute Gasteiger partial charge is 0.339 e.